The van der Waals surface area contributed by atoms with E-state index in [-0.39, 0.29) is 17.1 Å². The molecule has 27 heavy (non-hydrogen) atoms. The lowest BCUT2D eigenvalue weighted by Crippen LogP contribution is -2.17. The minimum Gasteiger partial charge on any atom is -0.376 e. The van der Waals surface area contributed by atoms with Crippen molar-refractivity contribution in [3.8, 4) is 0 Å². The highest BCUT2D eigenvalue weighted by Gasteiger charge is 2.24. The van der Waals surface area contributed by atoms with Crippen molar-refractivity contribution in [1.29, 1.82) is 0 Å². The average molecular weight is 413 g/mol. The molecule has 0 bridgehead atoms. The summed E-state index contributed by atoms with van der Waals surface area (Å²) >= 11 is 1.18. The van der Waals surface area contributed by atoms with Gasteiger partial charge in [0.25, 0.3) is 10.0 Å². The van der Waals surface area contributed by atoms with Crippen LogP contribution in [0.4, 0.5) is 24.7 Å². The van der Waals surface area contributed by atoms with Gasteiger partial charge in [0.15, 0.2) is 11.6 Å². The Morgan fingerprint density at radius 1 is 1.07 bits per heavy atom. The van der Waals surface area contributed by atoms with Crippen LogP contribution >= 0.6 is 11.3 Å². The summed E-state index contributed by atoms with van der Waals surface area (Å²) in [6, 6.07) is 6.16. The van der Waals surface area contributed by atoms with Crippen LogP contribution in [-0.2, 0) is 10.0 Å². The van der Waals surface area contributed by atoms with Gasteiger partial charge in [0.1, 0.15) is 16.5 Å². The molecule has 2 aromatic carbocycles. The summed E-state index contributed by atoms with van der Waals surface area (Å²) in [7, 11) is -4.22. The number of anilines is 2. The molecule has 0 saturated carbocycles. The van der Waals surface area contributed by atoms with E-state index in [1.807, 2.05) is 0 Å². The minimum atomic E-state index is -4.22. The van der Waals surface area contributed by atoms with E-state index in [2.05, 4.69) is 15.0 Å². The molecular weight excluding hydrogens is 399 g/mol. The SMILES string of the molecule is C[C@H](Nc1cccc(S(=O)(=O)Nc2cscn2)c1F)c1c(F)cccc1F. The lowest BCUT2D eigenvalue weighted by molar-refractivity contribution is 0.540. The number of benzene rings is 2. The monoisotopic (exact) mass is 413 g/mol. The maximum absolute atomic E-state index is 14.8. The number of sulfonamides is 1. The van der Waals surface area contributed by atoms with Crippen LogP contribution in [0.5, 0.6) is 0 Å². The van der Waals surface area contributed by atoms with Gasteiger partial charge in [-0.05, 0) is 31.2 Å². The summed E-state index contributed by atoms with van der Waals surface area (Å²) in [6.45, 7) is 1.44. The minimum absolute atomic E-state index is 0.0690. The molecule has 142 valence electrons. The van der Waals surface area contributed by atoms with Crippen LogP contribution in [0, 0.1) is 17.5 Å². The summed E-state index contributed by atoms with van der Waals surface area (Å²) in [4.78, 5) is 3.18. The average Bonchev–Trinajstić information content (AvgIpc) is 3.08. The third kappa shape index (κ3) is 4.06. The summed E-state index contributed by atoms with van der Waals surface area (Å²) in [6.07, 6.45) is 0. The van der Waals surface area contributed by atoms with Gasteiger partial charge in [-0.25, -0.2) is 26.6 Å². The zero-order valence-corrected chi connectivity index (χ0v) is 15.5. The van der Waals surface area contributed by atoms with E-state index >= 15 is 0 Å². The second-order valence-corrected chi connectivity index (χ2v) is 7.97. The first-order valence-corrected chi connectivity index (χ1v) is 10.1. The molecule has 0 aliphatic heterocycles. The standard InChI is InChI=1S/C17H14F3N3O2S2/c1-10(16-11(18)4-2-5-12(16)19)22-13-6-3-7-14(17(13)20)27(24,25)23-15-8-26-9-21-15/h2-10,22-23H,1H3/t10-/m0/s1. The molecule has 0 spiro atoms. The van der Waals surface area contributed by atoms with E-state index in [1.165, 1.54) is 47.4 Å². The molecule has 3 aromatic rings. The van der Waals surface area contributed by atoms with Gasteiger partial charge in [0.05, 0.1) is 17.2 Å². The fourth-order valence-electron chi connectivity index (χ4n) is 2.52. The topological polar surface area (TPSA) is 71.1 Å². The van der Waals surface area contributed by atoms with Crippen molar-refractivity contribution in [2.45, 2.75) is 17.9 Å². The van der Waals surface area contributed by atoms with Gasteiger partial charge in [-0.2, -0.15) is 0 Å². The number of nitrogens with zero attached hydrogens (tertiary/aromatic N) is 1. The number of hydrogen-bond acceptors (Lipinski definition) is 5. The second kappa shape index (κ2) is 7.57. The van der Waals surface area contributed by atoms with E-state index in [0.29, 0.717) is 0 Å². The predicted octanol–water partition coefficient (Wildman–Crippen LogP) is 4.53. The Hall–Kier alpha value is -2.59. The smallest absolute Gasteiger partial charge is 0.266 e. The van der Waals surface area contributed by atoms with Gasteiger partial charge in [0, 0.05) is 10.9 Å². The first kappa shape index (κ1) is 19.2. The Kier molecular flexibility index (Phi) is 5.38. The second-order valence-electron chi connectivity index (χ2n) is 5.60. The number of hydrogen-bond donors (Lipinski definition) is 2. The summed E-state index contributed by atoms with van der Waals surface area (Å²) in [5.41, 5.74) is 0.952. The van der Waals surface area contributed by atoms with Gasteiger partial charge in [-0.15, -0.1) is 11.3 Å². The quantitative estimate of drug-likeness (QED) is 0.623. The summed E-state index contributed by atoms with van der Waals surface area (Å²) < 4.78 is 69.6. The first-order chi connectivity index (χ1) is 12.8. The lowest BCUT2D eigenvalue weighted by Gasteiger charge is -2.18. The van der Waals surface area contributed by atoms with Crippen LogP contribution in [0.2, 0.25) is 0 Å². The van der Waals surface area contributed by atoms with Crippen molar-refractivity contribution in [2.24, 2.45) is 0 Å². The Labute approximate surface area is 157 Å². The molecule has 0 saturated heterocycles. The number of nitrogens with one attached hydrogen (secondary N) is 2. The van der Waals surface area contributed by atoms with Gasteiger partial charge < -0.3 is 5.32 Å². The molecule has 0 aliphatic carbocycles. The summed E-state index contributed by atoms with van der Waals surface area (Å²) in [5.74, 6) is -2.57. The molecule has 5 nitrogen and oxygen atoms in total. The predicted molar refractivity (Wildman–Crippen MR) is 97.7 cm³/mol. The number of aromatic nitrogens is 1. The number of halogens is 3. The highest BCUT2D eigenvalue weighted by atomic mass is 32.2. The zero-order valence-electron chi connectivity index (χ0n) is 13.9. The van der Waals surface area contributed by atoms with Crippen LogP contribution in [0.25, 0.3) is 0 Å². The zero-order chi connectivity index (χ0) is 19.6. The Morgan fingerprint density at radius 3 is 2.37 bits per heavy atom. The molecule has 0 aliphatic rings. The van der Waals surface area contributed by atoms with E-state index in [4.69, 9.17) is 0 Å². The van der Waals surface area contributed by atoms with Crippen molar-refractivity contribution >= 4 is 32.9 Å². The van der Waals surface area contributed by atoms with Gasteiger partial charge in [0.2, 0.25) is 0 Å². The molecule has 1 heterocycles. The molecule has 3 rings (SSSR count). The van der Waals surface area contributed by atoms with E-state index in [0.717, 1.165) is 18.2 Å². The maximum atomic E-state index is 14.8. The van der Waals surface area contributed by atoms with Crippen molar-refractivity contribution in [3.63, 3.8) is 0 Å². The van der Waals surface area contributed by atoms with E-state index in [1.54, 1.807) is 0 Å². The highest BCUT2D eigenvalue weighted by molar-refractivity contribution is 7.92. The number of thiazole rings is 1. The normalized spacial score (nSPS) is 12.6. The first-order valence-electron chi connectivity index (χ1n) is 7.69. The molecule has 1 aromatic heterocycles. The van der Waals surface area contributed by atoms with Crippen LogP contribution in [0.15, 0.2) is 52.2 Å². The fraction of sp³-hybridized carbons (Fsp3) is 0.118. The largest absolute Gasteiger partial charge is 0.376 e. The Bertz CT molecular complexity index is 1040. The molecule has 0 amide bonds. The van der Waals surface area contributed by atoms with Crippen LogP contribution < -0.4 is 10.0 Å². The van der Waals surface area contributed by atoms with Crippen molar-refractivity contribution in [2.75, 3.05) is 10.0 Å². The molecule has 0 radical (unpaired) electrons. The third-order valence-corrected chi connectivity index (χ3v) is 5.69. The van der Waals surface area contributed by atoms with Crippen LogP contribution in [-0.4, -0.2) is 13.4 Å². The van der Waals surface area contributed by atoms with Gasteiger partial charge in [-0.1, -0.05) is 12.1 Å². The van der Waals surface area contributed by atoms with Crippen molar-refractivity contribution in [3.05, 3.63) is 70.3 Å². The summed E-state index contributed by atoms with van der Waals surface area (Å²) in [5, 5.41) is 4.08. The lowest BCUT2D eigenvalue weighted by atomic mass is 10.1. The van der Waals surface area contributed by atoms with Crippen molar-refractivity contribution in [1.82, 2.24) is 4.98 Å². The molecule has 2 N–H and O–H groups in total. The molecule has 0 unspecified atom stereocenters. The van der Waals surface area contributed by atoms with Crippen molar-refractivity contribution < 1.29 is 21.6 Å². The van der Waals surface area contributed by atoms with Crippen LogP contribution in [0.1, 0.15) is 18.5 Å². The third-order valence-electron chi connectivity index (χ3n) is 3.73. The molecule has 0 fully saturated rings. The Balaban J connectivity index is 1.91. The highest BCUT2D eigenvalue weighted by Crippen LogP contribution is 2.29. The number of rotatable bonds is 6. The fourth-order valence-corrected chi connectivity index (χ4v) is 4.17. The van der Waals surface area contributed by atoms with E-state index in [9.17, 15) is 21.6 Å². The van der Waals surface area contributed by atoms with Crippen LogP contribution in [0.3, 0.4) is 0 Å². The van der Waals surface area contributed by atoms with E-state index < -0.39 is 38.4 Å². The Morgan fingerprint density at radius 2 is 1.74 bits per heavy atom. The molecular formula is C17H14F3N3O2S2. The maximum Gasteiger partial charge on any atom is 0.266 e. The molecule has 10 heteroatoms. The van der Waals surface area contributed by atoms with Gasteiger partial charge >= 0.3 is 0 Å². The van der Waals surface area contributed by atoms with Gasteiger partial charge in [-0.3, -0.25) is 4.72 Å². The molecule has 1 atom stereocenters.